The van der Waals surface area contributed by atoms with Crippen molar-refractivity contribution in [1.29, 1.82) is 0 Å². The Hall–Kier alpha value is -1.63. The topological polar surface area (TPSA) is 74.4 Å². The minimum atomic E-state index is -0.580. The molecule has 2 aromatic rings. The lowest BCUT2D eigenvalue weighted by molar-refractivity contribution is 0.1000. The maximum Gasteiger partial charge on any atom is 0.250 e. The highest BCUT2D eigenvalue weighted by Gasteiger charge is 2.17. The maximum absolute atomic E-state index is 11.1. The molecule has 1 aromatic heterocycles. The number of ether oxygens (including phenoxy) is 2. The number of primary amides is 1. The SMILES string of the molecule is NC(=O)c1cnc(Sc2cc3c(cc2Cl)OCCO3)c(Cl)c1. The molecular weight excluding hydrogens is 347 g/mol. The van der Waals surface area contributed by atoms with Gasteiger partial charge in [0, 0.05) is 17.2 Å². The van der Waals surface area contributed by atoms with E-state index in [9.17, 15) is 4.79 Å². The number of nitrogens with two attached hydrogens (primary N) is 1. The average molecular weight is 357 g/mol. The molecular formula is C14H10Cl2N2O3S. The molecule has 8 heteroatoms. The van der Waals surface area contributed by atoms with E-state index in [-0.39, 0.29) is 5.56 Å². The van der Waals surface area contributed by atoms with Gasteiger partial charge in [0.2, 0.25) is 5.91 Å². The van der Waals surface area contributed by atoms with Crippen LogP contribution >= 0.6 is 35.0 Å². The lowest BCUT2D eigenvalue weighted by atomic mass is 10.3. The summed E-state index contributed by atoms with van der Waals surface area (Å²) < 4.78 is 11.0. The highest BCUT2D eigenvalue weighted by Crippen LogP contribution is 2.42. The molecule has 0 unspecified atom stereocenters. The molecule has 22 heavy (non-hydrogen) atoms. The van der Waals surface area contributed by atoms with Gasteiger partial charge in [-0.1, -0.05) is 35.0 Å². The van der Waals surface area contributed by atoms with E-state index in [1.54, 1.807) is 12.1 Å². The van der Waals surface area contributed by atoms with Crippen LogP contribution in [0, 0.1) is 0 Å². The number of fused-ring (bicyclic) bond motifs is 1. The van der Waals surface area contributed by atoms with Crippen molar-refractivity contribution in [2.75, 3.05) is 13.2 Å². The molecule has 0 fully saturated rings. The molecule has 0 spiro atoms. The predicted molar refractivity (Wildman–Crippen MR) is 84.3 cm³/mol. The summed E-state index contributed by atoms with van der Waals surface area (Å²) in [6, 6.07) is 4.96. The van der Waals surface area contributed by atoms with Crippen LogP contribution in [0.25, 0.3) is 0 Å². The van der Waals surface area contributed by atoms with Gasteiger partial charge in [0.25, 0.3) is 0 Å². The van der Waals surface area contributed by atoms with Crippen molar-refractivity contribution in [3.63, 3.8) is 0 Å². The van der Waals surface area contributed by atoms with Crippen LogP contribution in [0.4, 0.5) is 0 Å². The zero-order valence-electron chi connectivity index (χ0n) is 11.1. The van der Waals surface area contributed by atoms with Crippen LogP contribution < -0.4 is 15.2 Å². The highest BCUT2D eigenvalue weighted by atomic mass is 35.5. The first-order chi connectivity index (χ1) is 10.5. The van der Waals surface area contributed by atoms with Crippen LogP contribution in [-0.2, 0) is 0 Å². The van der Waals surface area contributed by atoms with Crippen LogP contribution in [0.5, 0.6) is 11.5 Å². The molecule has 0 bridgehead atoms. The second-order valence-electron chi connectivity index (χ2n) is 4.40. The van der Waals surface area contributed by atoms with Gasteiger partial charge in [-0.2, -0.15) is 0 Å². The molecule has 1 aromatic carbocycles. The monoisotopic (exact) mass is 356 g/mol. The molecule has 0 aliphatic carbocycles. The van der Waals surface area contributed by atoms with Crippen molar-refractivity contribution in [2.24, 2.45) is 5.73 Å². The van der Waals surface area contributed by atoms with Gasteiger partial charge in [0.1, 0.15) is 18.2 Å². The van der Waals surface area contributed by atoms with E-state index < -0.39 is 5.91 Å². The summed E-state index contributed by atoms with van der Waals surface area (Å²) in [7, 11) is 0. The first kappa shape index (κ1) is 15.3. The molecule has 2 N–H and O–H groups in total. The van der Waals surface area contributed by atoms with Crippen molar-refractivity contribution < 1.29 is 14.3 Å². The third kappa shape index (κ3) is 3.09. The van der Waals surface area contributed by atoms with Crippen molar-refractivity contribution >= 4 is 40.9 Å². The number of aromatic nitrogens is 1. The fourth-order valence-electron chi connectivity index (χ4n) is 1.86. The smallest absolute Gasteiger partial charge is 0.250 e. The van der Waals surface area contributed by atoms with Crippen molar-refractivity contribution in [3.05, 3.63) is 40.0 Å². The van der Waals surface area contributed by atoms with Gasteiger partial charge < -0.3 is 15.2 Å². The fourth-order valence-corrected chi connectivity index (χ4v) is 3.21. The van der Waals surface area contributed by atoms with Gasteiger partial charge in [0.15, 0.2) is 11.5 Å². The minimum absolute atomic E-state index is 0.252. The third-order valence-corrected chi connectivity index (χ3v) is 4.80. The zero-order chi connectivity index (χ0) is 15.7. The van der Waals surface area contributed by atoms with Crippen LogP contribution in [0.2, 0.25) is 10.0 Å². The molecule has 0 atom stereocenters. The summed E-state index contributed by atoms with van der Waals surface area (Å²) in [5, 5.41) is 1.35. The number of rotatable bonds is 3. The molecule has 1 aliphatic heterocycles. The Balaban J connectivity index is 1.91. The highest BCUT2D eigenvalue weighted by molar-refractivity contribution is 7.99. The predicted octanol–water partition coefficient (Wildman–Crippen LogP) is 3.41. The number of hydrogen-bond donors (Lipinski definition) is 1. The summed E-state index contributed by atoms with van der Waals surface area (Å²) in [4.78, 5) is 16.0. The Labute approximate surface area is 140 Å². The number of carbonyl (C=O) groups is 1. The van der Waals surface area contributed by atoms with Gasteiger partial charge in [0.05, 0.1) is 15.6 Å². The van der Waals surface area contributed by atoms with Crippen molar-refractivity contribution in [1.82, 2.24) is 4.98 Å². The first-order valence-corrected chi connectivity index (χ1v) is 7.84. The number of carbonyl (C=O) groups excluding carboxylic acids is 1. The molecule has 114 valence electrons. The number of amides is 1. The largest absolute Gasteiger partial charge is 0.486 e. The molecule has 0 saturated carbocycles. The minimum Gasteiger partial charge on any atom is -0.486 e. The Bertz CT molecular complexity index is 755. The summed E-state index contributed by atoms with van der Waals surface area (Å²) in [6.07, 6.45) is 1.38. The zero-order valence-corrected chi connectivity index (χ0v) is 13.5. The number of halogens is 2. The van der Waals surface area contributed by atoms with Crippen LogP contribution in [-0.4, -0.2) is 24.1 Å². The molecule has 2 heterocycles. The van der Waals surface area contributed by atoms with E-state index in [1.165, 1.54) is 24.0 Å². The Morgan fingerprint density at radius 3 is 2.45 bits per heavy atom. The van der Waals surface area contributed by atoms with Gasteiger partial charge >= 0.3 is 0 Å². The number of benzene rings is 1. The molecule has 1 amide bonds. The fraction of sp³-hybridized carbons (Fsp3) is 0.143. The van der Waals surface area contributed by atoms with E-state index in [1.807, 2.05) is 0 Å². The molecule has 0 saturated heterocycles. The number of pyridine rings is 1. The Morgan fingerprint density at radius 1 is 1.14 bits per heavy atom. The third-order valence-electron chi connectivity index (χ3n) is 2.90. The van der Waals surface area contributed by atoms with Gasteiger partial charge in [-0.3, -0.25) is 4.79 Å². The second kappa shape index (κ2) is 6.24. The first-order valence-electron chi connectivity index (χ1n) is 6.27. The Kier molecular flexibility index (Phi) is 4.33. The lowest BCUT2D eigenvalue weighted by Gasteiger charge is -2.19. The number of hydrogen-bond acceptors (Lipinski definition) is 5. The quantitative estimate of drug-likeness (QED) is 0.911. The van der Waals surface area contributed by atoms with Crippen molar-refractivity contribution in [2.45, 2.75) is 9.92 Å². The van der Waals surface area contributed by atoms with Crippen LogP contribution in [0.3, 0.4) is 0 Å². The standard InChI is InChI=1S/C14H10Cl2N2O3S/c15-8-4-10-11(21-2-1-20-10)5-12(8)22-14-9(16)3-7(6-18-14)13(17)19/h3-6H,1-2H2,(H2,17,19). The average Bonchev–Trinajstić information content (AvgIpc) is 2.49. The molecule has 0 radical (unpaired) electrons. The summed E-state index contributed by atoms with van der Waals surface area (Å²) in [5.74, 6) is 0.662. The molecule has 3 rings (SSSR count). The van der Waals surface area contributed by atoms with Gasteiger partial charge in [-0.15, -0.1) is 0 Å². The molecule has 1 aliphatic rings. The summed E-state index contributed by atoms with van der Waals surface area (Å²) in [5.41, 5.74) is 5.44. The molecule has 5 nitrogen and oxygen atoms in total. The Morgan fingerprint density at radius 2 is 1.82 bits per heavy atom. The second-order valence-corrected chi connectivity index (χ2v) is 6.25. The van der Waals surface area contributed by atoms with E-state index in [4.69, 9.17) is 38.4 Å². The summed E-state index contributed by atoms with van der Waals surface area (Å²) in [6.45, 7) is 0.989. The van der Waals surface area contributed by atoms with Gasteiger partial charge in [-0.25, -0.2) is 4.98 Å². The van der Waals surface area contributed by atoms with Gasteiger partial charge in [-0.05, 0) is 12.1 Å². The van der Waals surface area contributed by atoms with E-state index in [0.29, 0.717) is 39.8 Å². The van der Waals surface area contributed by atoms with E-state index in [0.717, 1.165) is 4.90 Å². The van der Waals surface area contributed by atoms with E-state index >= 15 is 0 Å². The number of nitrogens with zero attached hydrogens (tertiary/aromatic N) is 1. The summed E-state index contributed by atoms with van der Waals surface area (Å²) >= 11 is 13.6. The van der Waals surface area contributed by atoms with Crippen LogP contribution in [0.1, 0.15) is 10.4 Å². The van der Waals surface area contributed by atoms with E-state index in [2.05, 4.69) is 4.98 Å². The lowest BCUT2D eigenvalue weighted by Crippen LogP contribution is -2.15. The van der Waals surface area contributed by atoms with Crippen LogP contribution in [0.15, 0.2) is 34.3 Å². The normalized spacial score (nSPS) is 13.0. The maximum atomic E-state index is 11.1. The van der Waals surface area contributed by atoms with Crippen molar-refractivity contribution in [3.8, 4) is 11.5 Å².